The Hall–Kier alpha value is -2.54. The number of carbonyl (C=O) groups excluding carboxylic acids is 1. The van der Waals surface area contributed by atoms with Crippen LogP contribution in [-0.2, 0) is 17.8 Å². The van der Waals surface area contributed by atoms with Gasteiger partial charge >= 0.3 is 0 Å². The van der Waals surface area contributed by atoms with E-state index in [2.05, 4.69) is 33.1 Å². The van der Waals surface area contributed by atoms with E-state index in [9.17, 15) is 4.79 Å². The predicted octanol–water partition coefficient (Wildman–Crippen LogP) is 2.12. The van der Waals surface area contributed by atoms with E-state index in [-0.39, 0.29) is 12.5 Å². The Morgan fingerprint density at radius 3 is 2.77 bits per heavy atom. The highest BCUT2D eigenvalue weighted by Crippen LogP contribution is 2.13. The molecule has 0 saturated carbocycles. The first kappa shape index (κ1) is 19.8. The number of nitrogens with one attached hydrogen (secondary N) is 2. The summed E-state index contributed by atoms with van der Waals surface area (Å²) in [7, 11) is 5.18. The highest BCUT2D eigenvalue weighted by Gasteiger charge is 2.05. The summed E-state index contributed by atoms with van der Waals surface area (Å²) in [4.78, 5) is 18.7. The molecule has 1 heterocycles. The molecule has 0 aliphatic rings. The molecule has 7 heteroatoms. The summed E-state index contributed by atoms with van der Waals surface area (Å²) in [5, 5.41) is 8.68. The largest absolute Gasteiger partial charge is 0.484 e. The minimum atomic E-state index is -0.0659. The van der Waals surface area contributed by atoms with Gasteiger partial charge in [0.2, 0.25) is 0 Å². The van der Waals surface area contributed by atoms with Crippen molar-refractivity contribution in [3.05, 3.63) is 52.2 Å². The molecule has 0 atom stereocenters. The van der Waals surface area contributed by atoms with Crippen molar-refractivity contribution in [2.75, 3.05) is 34.3 Å². The van der Waals surface area contributed by atoms with E-state index >= 15 is 0 Å². The molecule has 2 rings (SSSR count). The van der Waals surface area contributed by atoms with Crippen LogP contribution in [0.25, 0.3) is 0 Å². The van der Waals surface area contributed by atoms with Crippen molar-refractivity contribution in [3.63, 3.8) is 0 Å². The van der Waals surface area contributed by atoms with E-state index in [1.54, 1.807) is 32.5 Å². The maximum absolute atomic E-state index is 11.6. The molecule has 0 aliphatic carbocycles. The standard InChI is InChI=1S/C19H26N4O2S/c1-20-19(21-10-9-17-8-5-11-26-17)22-13-15-6-4-7-16(12-15)25-14-18(24)23(2)3/h4-8,11-12H,9-10,13-14H2,1-3H3,(H2,20,21,22). The van der Waals surface area contributed by atoms with E-state index in [0.717, 1.165) is 24.5 Å². The Morgan fingerprint density at radius 1 is 1.23 bits per heavy atom. The minimum absolute atomic E-state index is 0.0375. The van der Waals surface area contributed by atoms with Crippen LogP contribution in [0.1, 0.15) is 10.4 Å². The number of ether oxygens (including phenoxy) is 1. The van der Waals surface area contributed by atoms with Crippen molar-refractivity contribution in [3.8, 4) is 5.75 Å². The Morgan fingerprint density at radius 2 is 2.08 bits per heavy atom. The van der Waals surface area contributed by atoms with Crippen LogP contribution in [0.2, 0.25) is 0 Å². The molecule has 1 aromatic heterocycles. The number of carbonyl (C=O) groups is 1. The van der Waals surface area contributed by atoms with Crippen LogP contribution in [0.4, 0.5) is 0 Å². The van der Waals surface area contributed by atoms with Gasteiger partial charge in [-0.15, -0.1) is 11.3 Å². The molecule has 6 nitrogen and oxygen atoms in total. The van der Waals surface area contributed by atoms with Gasteiger partial charge in [0.05, 0.1) is 0 Å². The van der Waals surface area contributed by atoms with E-state index in [4.69, 9.17) is 4.74 Å². The van der Waals surface area contributed by atoms with E-state index in [1.165, 1.54) is 9.78 Å². The summed E-state index contributed by atoms with van der Waals surface area (Å²) in [6, 6.07) is 11.9. The van der Waals surface area contributed by atoms with Crippen LogP contribution >= 0.6 is 11.3 Å². The third-order valence-corrected chi connectivity index (χ3v) is 4.62. The lowest BCUT2D eigenvalue weighted by atomic mass is 10.2. The summed E-state index contributed by atoms with van der Waals surface area (Å²) < 4.78 is 5.55. The molecule has 26 heavy (non-hydrogen) atoms. The SMILES string of the molecule is CN=C(NCCc1cccs1)NCc1cccc(OCC(=O)N(C)C)c1. The van der Waals surface area contributed by atoms with E-state index < -0.39 is 0 Å². The third-order valence-electron chi connectivity index (χ3n) is 3.69. The fraction of sp³-hybridized carbons (Fsp3) is 0.368. The second-order valence-corrected chi connectivity index (χ2v) is 6.94. The Kier molecular flexibility index (Phi) is 7.95. The number of likely N-dealkylation sites (N-methyl/N-ethyl adjacent to an activating group) is 1. The summed E-state index contributed by atoms with van der Waals surface area (Å²) >= 11 is 1.76. The van der Waals surface area contributed by atoms with Gasteiger partial charge in [-0.1, -0.05) is 18.2 Å². The normalized spacial score (nSPS) is 11.1. The molecule has 0 radical (unpaired) electrons. The van der Waals surface area contributed by atoms with Gasteiger partial charge in [0.15, 0.2) is 12.6 Å². The molecule has 1 aromatic carbocycles. The Bertz CT molecular complexity index is 714. The number of nitrogens with zero attached hydrogens (tertiary/aromatic N) is 2. The maximum atomic E-state index is 11.6. The van der Waals surface area contributed by atoms with Gasteiger partial charge in [0, 0.05) is 39.1 Å². The fourth-order valence-electron chi connectivity index (χ4n) is 2.18. The molecule has 0 aliphatic heterocycles. The van der Waals surface area contributed by atoms with Crippen LogP contribution in [0, 0.1) is 0 Å². The average molecular weight is 375 g/mol. The Labute approximate surface area is 158 Å². The van der Waals surface area contributed by atoms with Crippen molar-refractivity contribution >= 4 is 23.2 Å². The van der Waals surface area contributed by atoms with Gasteiger partial charge < -0.3 is 20.3 Å². The molecule has 0 spiro atoms. The van der Waals surface area contributed by atoms with Crippen LogP contribution in [0.5, 0.6) is 5.75 Å². The molecule has 0 saturated heterocycles. The molecule has 0 fully saturated rings. The number of aliphatic imine (C=N–C) groups is 1. The topological polar surface area (TPSA) is 66.0 Å². The Balaban J connectivity index is 1.78. The number of thiophene rings is 1. The van der Waals surface area contributed by atoms with Crippen molar-refractivity contribution in [2.24, 2.45) is 4.99 Å². The second kappa shape index (κ2) is 10.5. The number of hydrogen-bond acceptors (Lipinski definition) is 4. The van der Waals surface area contributed by atoms with Crippen molar-refractivity contribution in [1.82, 2.24) is 15.5 Å². The summed E-state index contributed by atoms with van der Waals surface area (Å²) in [5.74, 6) is 1.37. The van der Waals surface area contributed by atoms with Gasteiger partial charge in [-0.2, -0.15) is 0 Å². The average Bonchev–Trinajstić information content (AvgIpc) is 3.16. The number of rotatable bonds is 8. The van der Waals surface area contributed by atoms with Gasteiger partial charge in [-0.05, 0) is 35.6 Å². The second-order valence-electron chi connectivity index (χ2n) is 5.91. The van der Waals surface area contributed by atoms with Gasteiger partial charge in [-0.25, -0.2) is 0 Å². The molecule has 2 N–H and O–H groups in total. The molecular weight excluding hydrogens is 348 g/mol. The zero-order valence-corrected chi connectivity index (χ0v) is 16.3. The maximum Gasteiger partial charge on any atom is 0.259 e. The first-order chi connectivity index (χ1) is 12.6. The fourth-order valence-corrected chi connectivity index (χ4v) is 2.89. The van der Waals surface area contributed by atoms with Gasteiger partial charge in [0.1, 0.15) is 5.75 Å². The van der Waals surface area contributed by atoms with Gasteiger partial charge in [0.25, 0.3) is 5.91 Å². The lowest BCUT2D eigenvalue weighted by molar-refractivity contribution is -0.130. The van der Waals surface area contributed by atoms with E-state index in [0.29, 0.717) is 12.3 Å². The number of amides is 1. The molecular formula is C19H26N4O2S. The minimum Gasteiger partial charge on any atom is -0.484 e. The van der Waals surface area contributed by atoms with Crippen molar-refractivity contribution < 1.29 is 9.53 Å². The first-order valence-electron chi connectivity index (χ1n) is 8.47. The van der Waals surface area contributed by atoms with Crippen LogP contribution < -0.4 is 15.4 Å². The monoisotopic (exact) mass is 374 g/mol. The summed E-state index contributed by atoms with van der Waals surface area (Å²) in [6.07, 6.45) is 0.974. The number of guanidine groups is 1. The summed E-state index contributed by atoms with van der Waals surface area (Å²) in [5.41, 5.74) is 1.06. The van der Waals surface area contributed by atoms with Gasteiger partial charge in [-0.3, -0.25) is 9.79 Å². The highest BCUT2D eigenvalue weighted by molar-refractivity contribution is 7.09. The quantitative estimate of drug-likeness (QED) is 0.549. The lowest BCUT2D eigenvalue weighted by Gasteiger charge is -2.13. The molecule has 1 amide bonds. The lowest BCUT2D eigenvalue weighted by Crippen LogP contribution is -2.37. The predicted molar refractivity (Wildman–Crippen MR) is 107 cm³/mol. The van der Waals surface area contributed by atoms with Crippen molar-refractivity contribution in [1.29, 1.82) is 0 Å². The molecule has 2 aromatic rings. The number of benzene rings is 1. The molecule has 140 valence electrons. The highest BCUT2D eigenvalue weighted by atomic mass is 32.1. The third kappa shape index (κ3) is 6.76. The number of hydrogen-bond donors (Lipinski definition) is 2. The molecule has 0 unspecified atom stereocenters. The summed E-state index contributed by atoms with van der Waals surface area (Å²) in [6.45, 7) is 1.49. The zero-order valence-electron chi connectivity index (χ0n) is 15.5. The van der Waals surface area contributed by atoms with Crippen LogP contribution in [0.3, 0.4) is 0 Å². The smallest absolute Gasteiger partial charge is 0.259 e. The van der Waals surface area contributed by atoms with Crippen molar-refractivity contribution in [2.45, 2.75) is 13.0 Å². The first-order valence-corrected chi connectivity index (χ1v) is 9.35. The molecule has 0 bridgehead atoms. The van der Waals surface area contributed by atoms with Crippen LogP contribution in [0.15, 0.2) is 46.8 Å². The van der Waals surface area contributed by atoms with Crippen LogP contribution in [-0.4, -0.2) is 51.1 Å². The van der Waals surface area contributed by atoms with E-state index in [1.807, 2.05) is 24.3 Å². The zero-order chi connectivity index (χ0) is 18.8.